The maximum Gasteiger partial charge on any atom is 0.194 e. The van der Waals surface area contributed by atoms with Gasteiger partial charge in [0.05, 0.1) is 0 Å². The van der Waals surface area contributed by atoms with Crippen molar-refractivity contribution in [3.05, 3.63) is 28.2 Å². The molecular weight excluding hydrogens is 300 g/mol. The number of hydrogen-bond donors (Lipinski definition) is 0. The number of hydrogen-bond acceptors (Lipinski definition) is 6. The van der Waals surface area contributed by atoms with Crippen LogP contribution in [0.4, 0.5) is 0 Å². The Balaban J connectivity index is 2.33. The third kappa shape index (κ3) is 3.58. The minimum atomic E-state index is 0.433. The van der Waals surface area contributed by atoms with Crippen molar-refractivity contribution in [1.29, 1.82) is 0 Å². The summed E-state index contributed by atoms with van der Waals surface area (Å²) >= 11 is 8.82. The van der Waals surface area contributed by atoms with Gasteiger partial charge in [-0.25, -0.2) is 19.9 Å². The lowest BCUT2D eigenvalue weighted by Crippen LogP contribution is -1.98. The summed E-state index contributed by atoms with van der Waals surface area (Å²) < 4.78 is 0. The molecule has 0 atom stereocenters. The fourth-order valence-corrected chi connectivity index (χ4v) is 2.99. The third-order valence-electron chi connectivity index (χ3n) is 2.64. The van der Waals surface area contributed by atoms with Gasteiger partial charge in [0.1, 0.15) is 10.2 Å². The first kappa shape index (κ1) is 14.6. The fraction of sp³-hybridized carbons (Fsp3) is 0.333. The Kier molecular flexibility index (Phi) is 4.65. The van der Waals surface area contributed by atoms with Crippen LogP contribution < -0.4 is 0 Å². The van der Waals surface area contributed by atoms with Gasteiger partial charge in [-0.15, -0.1) is 0 Å². The Labute approximate surface area is 125 Å². The Morgan fingerprint density at radius 1 is 0.947 bits per heavy atom. The number of aromatic nitrogens is 4. The molecule has 0 aliphatic carbocycles. The van der Waals surface area contributed by atoms with Gasteiger partial charge < -0.3 is 0 Å². The monoisotopic (exact) mass is 312 g/mol. The van der Waals surface area contributed by atoms with Crippen molar-refractivity contribution >= 4 is 35.1 Å². The van der Waals surface area contributed by atoms with Crippen LogP contribution in [0.5, 0.6) is 0 Å². The zero-order valence-corrected chi connectivity index (χ0v) is 13.4. The van der Waals surface area contributed by atoms with E-state index in [1.165, 1.54) is 23.5 Å². The lowest BCUT2D eigenvalue weighted by Gasteiger charge is -2.07. The molecule has 0 aliphatic rings. The predicted octanol–water partition coefficient (Wildman–Crippen LogP) is 3.72. The van der Waals surface area contributed by atoms with Crippen LogP contribution in [0.25, 0.3) is 0 Å². The molecule has 0 saturated heterocycles. The standard InChI is InChI=1S/C12H13ClN4S2/c1-6-7(2)14-12(15-8(6)3)19-10-5-9(13)16-11(17-10)18-4/h5H,1-4H3. The molecule has 0 unspecified atom stereocenters. The second-order valence-electron chi connectivity index (χ2n) is 3.92. The molecule has 0 aliphatic heterocycles. The Bertz CT molecular complexity index is 596. The van der Waals surface area contributed by atoms with Gasteiger partial charge in [-0.2, -0.15) is 0 Å². The Hall–Kier alpha value is -0.850. The average Bonchev–Trinajstić information content (AvgIpc) is 2.35. The van der Waals surface area contributed by atoms with Crippen LogP contribution >= 0.6 is 35.1 Å². The summed E-state index contributed by atoms with van der Waals surface area (Å²) in [7, 11) is 0. The summed E-state index contributed by atoms with van der Waals surface area (Å²) in [5.74, 6) is 0. The van der Waals surface area contributed by atoms with Gasteiger partial charge in [-0.3, -0.25) is 0 Å². The first-order valence-electron chi connectivity index (χ1n) is 5.58. The maximum absolute atomic E-state index is 5.96. The largest absolute Gasteiger partial charge is 0.227 e. The third-order valence-corrected chi connectivity index (χ3v) is 4.17. The molecule has 2 heterocycles. The lowest BCUT2D eigenvalue weighted by molar-refractivity contribution is 0.862. The number of halogens is 1. The van der Waals surface area contributed by atoms with Crippen LogP contribution in [0.2, 0.25) is 5.15 Å². The predicted molar refractivity (Wildman–Crippen MR) is 79.2 cm³/mol. The molecule has 7 heteroatoms. The first-order chi connectivity index (χ1) is 8.99. The van der Waals surface area contributed by atoms with Gasteiger partial charge in [0.2, 0.25) is 0 Å². The SMILES string of the molecule is CSc1nc(Cl)cc(Sc2nc(C)c(C)c(C)n2)n1. The molecule has 4 nitrogen and oxygen atoms in total. The topological polar surface area (TPSA) is 51.6 Å². The zero-order valence-electron chi connectivity index (χ0n) is 11.1. The van der Waals surface area contributed by atoms with E-state index in [4.69, 9.17) is 11.6 Å². The van der Waals surface area contributed by atoms with Crippen molar-refractivity contribution in [2.24, 2.45) is 0 Å². The average molecular weight is 313 g/mol. The van der Waals surface area contributed by atoms with Crippen molar-refractivity contribution in [3.63, 3.8) is 0 Å². The molecule has 0 saturated carbocycles. The van der Waals surface area contributed by atoms with Crippen molar-refractivity contribution in [1.82, 2.24) is 19.9 Å². The van der Waals surface area contributed by atoms with Gasteiger partial charge in [0.15, 0.2) is 10.3 Å². The van der Waals surface area contributed by atoms with Crippen LogP contribution in [0.1, 0.15) is 17.0 Å². The summed E-state index contributed by atoms with van der Waals surface area (Å²) in [6, 6.07) is 1.72. The van der Waals surface area contributed by atoms with Crippen molar-refractivity contribution in [2.45, 2.75) is 36.1 Å². The number of rotatable bonds is 3. The lowest BCUT2D eigenvalue weighted by atomic mass is 10.2. The maximum atomic E-state index is 5.96. The normalized spacial score (nSPS) is 10.8. The summed E-state index contributed by atoms with van der Waals surface area (Å²) in [5, 5.41) is 2.52. The van der Waals surface area contributed by atoms with Crippen molar-refractivity contribution in [2.75, 3.05) is 6.26 Å². The van der Waals surface area contributed by atoms with Crippen LogP contribution in [-0.4, -0.2) is 26.2 Å². The number of nitrogens with zero attached hydrogens (tertiary/aromatic N) is 4. The van der Waals surface area contributed by atoms with Crippen molar-refractivity contribution < 1.29 is 0 Å². The summed E-state index contributed by atoms with van der Waals surface area (Å²) in [6.07, 6.45) is 1.91. The minimum Gasteiger partial charge on any atom is -0.227 e. The fourth-order valence-electron chi connectivity index (χ4n) is 1.40. The molecule has 2 aromatic rings. The van der Waals surface area contributed by atoms with E-state index in [9.17, 15) is 0 Å². The summed E-state index contributed by atoms with van der Waals surface area (Å²) in [4.78, 5) is 17.4. The van der Waals surface area contributed by atoms with E-state index in [1.807, 2.05) is 27.0 Å². The van der Waals surface area contributed by atoms with E-state index < -0.39 is 0 Å². The highest BCUT2D eigenvalue weighted by molar-refractivity contribution is 7.99. The number of thioether (sulfide) groups is 1. The van der Waals surface area contributed by atoms with Crippen LogP contribution in [0, 0.1) is 20.8 Å². The van der Waals surface area contributed by atoms with Crippen molar-refractivity contribution in [3.8, 4) is 0 Å². The molecule has 0 bridgehead atoms. The Morgan fingerprint density at radius 2 is 1.58 bits per heavy atom. The van der Waals surface area contributed by atoms with Gasteiger partial charge in [0.25, 0.3) is 0 Å². The zero-order chi connectivity index (χ0) is 14.0. The van der Waals surface area contributed by atoms with E-state index in [-0.39, 0.29) is 0 Å². The molecule has 0 fully saturated rings. The van der Waals surface area contributed by atoms with E-state index in [1.54, 1.807) is 6.07 Å². The van der Waals surface area contributed by atoms with Crippen LogP contribution in [0.3, 0.4) is 0 Å². The highest BCUT2D eigenvalue weighted by Crippen LogP contribution is 2.27. The van der Waals surface area contributed by atoms with E-state index >= 15 is 0 Å². The van der Waals surface area contributed by atoms with Gasteiger partial charge >= 0.3 is 0 Å². The smallest absolute Gasteiger partial charge is 0.194 e. The molecule has 100 valence electrons. The number of aryl methyl sites for hydroxylation is 2. The molecule has 19 heavy (non-hydrogen) atoms. The summed E-state index contributed by atoms with van der Waals surface area (Å²) in [5.41, 5.74) is 3.09. The van der Waals surface area contributed by atoms with E-state index in [2.05, 4.69) is 19.9 Å². The van der Waals surface area contributed by atoms with Gasteiger partial charge in [-0.1, -0.05) is 23.4 Å². The molecule has 0 amide bonds. The molecule has 2 aromatic heterocycles. The highest BCUT2D eigenvalue weighted by Gasteiger charge is 2.09. The minimum absolute atomic E-state index is 0.433. The molecule has 0 spiro atoms. The van der Waals surface area contributed by atoms with Crippen LogP contribution in [-0.2, 0) is 0 Å². The molecule has 0 radical (unpaired) electrons. The highest BCUT2D eigenvalue weighted by atomic mass is 35.5. The molecule has 0 N–H and O–H groups in total. The summed E-state index contributed by atoms with van der Waals surface area (Å²) in [6.45, 7) is 5.98. The second kappa shape index (κ2) is 6.07. The molecular formula is C12H13ClN4S2. The van der Waals surface area contributed by atoms with Crippen LogP contribution in [0.15, 0.2) is 21.4 Å². The van der Waals surface area contributed by atoms with E-state index in [0.717, 1.165) is 22.0 Å². The van der Waals surface area contributed by atoms with E-state index in [0.29, 0.717) is 15.5 Å². The Morgan fingerprint density at radius 3 is 2.16 bits per heavy atom. The first-order valence-corrected chi connectivity index (χ1v) is 8.00. The van der Waals surface area contributed by atoms with Gasteiger partial charge in [-0.05, 0) is 44.4 Å². The molecule has 0 aromatic carbocycles. The second-order valence-corrected chi connectivity index (χ2v) is 6.07. The quantitative estimate of drug-likeness (QED) is 0.489. The van der Waals surface area contributed by atoms with Gasteiger partial charge in [0, 0.05) is 17.5 Å². The molecule has 2 rings (SSSR count).